The fraction of sp³-hybridized carbons (Fsp3) is 0.231. The summed E-state index contributed by atoms with van der Waals surface area (Å²) in [4.78, 5) is 25.7. The van der Waals surface area contributed by atoms with Gasteiger partial charge in [0.05, 0.1) is 22.5 Å². The van der Waals surface area contributed by atoms with Crippen LogP contribution in [-0.2, 0) is 29.6 Å². The summed E-state index contributed by atoms with van der Waals surface area (Å²) in [6.45, 7) is 0.852. The molecule has 1 N–H and O–H groups in total. The topological polar surface area (TPSA) is 130 Å². The van der Waals surface area contributed by atoms with E-state index < -0.39 is 44.5 Å². The van der Waals surface area contributed by atoms with Crippen molar-refractivity contribution in [2.75, 3.05) is 32.1 Å². The maximum Gasteiger partial charge on any atom is 0.338 e. The van der Waals surface area contributed by atoms with Crippen molar-refractivity contribution in [1.82, 2.24) is 8.61 Å². The fourth-order valence-electron chi connectivity index (χ4n) is 4.25. The molecule has 38 heavy (non-hydrogen) atoms. The summed E-state index contributed by atoms with van der Waals surface area (Å²) in [6, 6.07) is 18.7. The van der Waals surface area contributed by atoms with Crippen LogP contribution in [0, 0.1) is 6.92 Å². The highest BCUT2D eigenvalue weighted by atomic mass is 32.2. The molecule has 1 heterocycles. The van der Waals surface area contributed by atoms with Gasteiger partial charge < -0.3 is 10.1 Å². The zero-order chi connectivity index (χ0) is 27.5. The smallest absolute Gasteiger partial charge is 0.338 e. The van der Waals surface area contributed by atoms with E-state index in [9.17, 15) is 26.4 Å². The van der Waals surface area contributed by atoms with Crippen LogP contribution < -0.4 is 5.32 Å². The predicted molar refractivity (Wildman–Crippen MR) is 140 cm³/mol. The quantitative estimate of drug-likeness (QED) is 0.442. The molecular formula is C26H27N3O7S2. The largest absolute Gasteiger partial charge is 0.465 e. The first-order valence-electron chi connectivity index (χ1n) is 11.7. The van der Waals surface area contributed by atoms with Crippen LogP contribution in [0.2, 0.25) is 0 Å². The number of esters is 1. The van der Waals surface area contributed by atoms with Crippen LogP contribution in [0.25, 0.3) is 0 Å². The lowest BCUT2D eigenvalue weighted by Gasteiger charge is -2.39. The number of hydrogen-bond donors (Lipinski definition) is 1. The number of ether oxygens (including phenoxy) is 1. The van der Waals surface area contributed by atoms with Crippen molar-refractivity contribution in [3.8, 4) is 0 Å². The average molecular weight is 558 g/mol. The summed E-state index contributed by atoms with van der Waals surface area (Å²) in [6.07, 6.45) is 0. The van der Waals surface area contributed by atoms with Gasteiger partial charge in [-0.2, -0.15) is 8.61 Å². The summed E-state index contributed by atoms with van der Waals surface area (Å²) in [5.74, 6) is -1.33. The Kier molecular flexibility index (Phi) is 7.97. The first-order valence-corrected chi connectivity index (χ1v) is 14.6. The van der Waals surface area contributed by atoms with E-state index in [0.29, 0.717) is 5.56 Å². The Bertz CT molecular complexity index is 1540. The molecular weight excluding hydrogens is 530 g/mol. The van der Waals surface area contributed by atoms with Gasteiger partial charge in [-0.3, -0.25) is 4.79 Å². The molecule has 1 unspecified atom stereocenters. The number of anilines is 1. The Balaban J connectivity index is 1.71. The second-order valence-electron chi connectivity index (χ2n) is 8.58. The number of sulfonamides is 2. The zero-order valence-corrected chi connectivity index (χ0v) is 22.4. The summed E-state index contributed by atoms with van der Waals surface area (Å²) in [7, 11) is -6.90. The molecule has 0 bridgehead atoms. The van der Waals surface area contributed by atoms with E-state index in [-0.39, 0.29) is 34.1 Å². The number of hydrogen-bond acceptors (Lipinski definition) is 7. The van der Waals surface area contributed by atoms with Crippen LogP contribution in [0.1, 0.15) is 15.9 Å². The average Bonchev–Trinajstić information content (AvgIpc) is 2.94. The molecule has 0 radical (unpaired) electrons. The third-order valence-electron chi connectivity index (χ3n) is 6.32. The standard InChI is InChI=1S/C26H27N3O7S2/c1-19-22(26(31)36-2)14-9-15-23(19)27-25(30)24-18-28(37(32,33)20-10-5-3-6-11-20)16-17-29(24)38(34,35)21-12-7-4-8-13-21/h3-15,24H,16-18H2,1-2H3,(H,27,30). The lowest BCUT2D eigenvalue weighted by molar-refractivity contribution is -0.120. The van der Waals surface area contributed by atoms with Gasteiger partial charge in [0.25, 0.3) is 0 Å². The lowest BCUT2D eigenvalue weighted by Crippen LogP contribution is -2.60. The van der Waals surface area contributed by atoms with E-state index in [1.165, 1.54) is 37.4 Å². The number of amides is 1. The third-order valence-corrected chi connectivity index (χ3v) is 10.1. The van der Waals surface area contributed by atoms with Crippen LogP contribution in [0.4, 0.5) is 5.69 Å². The minimum atomic E-state index is -4.14. The van der Waals surface area contributed by atoms with E-state index in [1.54, 1.807) is 55.5 Å². The second kappa shape index (κ2) is 11.0. The predicted octanol–water partition coefficient (Wildman–Crippen LogP) is 2.48. The van der Waals surface area contributed by atoms with Crippen molar-refractivity contribution < 1.29 is 31.2 Å². The molecule has 1 atom stereocenters. The van der Waals surface area contributed by atoms with E-state index in [0.717, 1.165) is 8.61 Å². The highest BCUT2D eigenvalue weighted by molar-refractivity contribution is 7.89. The molecule has 0 aromatic heterocycles. The van der Waals surface area contributed by atoms with Gasteiger partial charge in [0.15, 0.2) is 0 Å². The van der Waals surface area contributed by atoms with Crippen molar-refractivity contribution in [3.63, 3.8) is 0 Å². The maximum absolute atomic E-state index is 13.6. The number of nitrogens with one attached hydrogen (secondary N) is 1. The lowest BCUT2D eigenvalue weighted by atomic mass is 10.1. The van der Waals surface area contributed by atoms with E-state index in [1.807, 2.05) is 0 Å². The summed E-state index contributed by atoms with van der Waals surface area (Å²) in [5, 5.41) is 2.69. The number of benzene rings is 3. The van der Waals surface area contributed by atoms with Gasteiger partial charge in [-0.15, -0.1) is 0 Å². The number of carbonyl (C=O) groups excluding carboxylic acids is 2. The monoisotopic (exact) mass is 557 g/mol. The molecule has 200 valence electrons. The Morgan fingerprint density at radius 3 is 1.97 bits per heavy atom. The zero-order valence-electron chi connectivity index (χ0n) is 20.8. The molecule has 0 spiro atoms. The minimum absolute atomic E-state index is 0.0129. The van der Waals surface area contributed by atoms with Gasteiger partial charge in [0.1, 0.15) is 6.04 Å². The summed E-state index contributed by atoms with van der Waals surface area (Å²) in [5.41, 5.74) is 0.934. The van der Waals surface area contributed by atoms with Crippen molar-refractivity contribution in [1.29, 1.82) is 0 Å². The third kappa shape index (κ3) is 5.34. The Morgan fingerprint density at radius 2 is 1.39 bits per heavy atom. The Hall–Kier alpha value is -3.58. The van der Waals surface area contributed by atoms with Gasteiger partial charge in [0.2, 0.25) is 26.0 Å². The molecule has 3 aromatic carbocycles. The number of nitrogens with zero attached hydrogens (tertiary/aromatic N) is 2. The number of methoxy groups -OCH3 is 1. The Labute approximate surface area is 221 Å². The second-order valence-corrected chi connectivity index (χ2v) is 12.4. The minimum Gasteiger partial charge on any atom is -0.465 e. The highest BCUT2D eigenvalue weighted by Gasteiger charge is 2.43. The number of carbonyl (C=O) groups is 2. The highest BCUT2D eigenvalue weighted by Crippen LogP contribution is 2.27. The summed E-state index contributed by atoms with van der Waals surface area (Å²) >= 11 is 0. The van der Waals surface area contributed by atoms with Gasteiger partial charge >= 0.3 is 5.97 Å². The molecule has 0 saturated carbocycles. The number of piperazine rings is 1. The molecule has 4 rings (SSSR count). The van der Waals surface area contributed by atoms with Crippen LogP contribution >= 0.6 is 0 Å². The molecule has 10 nitrogen and oxygen atoms in total. The molecule has 1 fully saturated rings. The molecule has 0 aliphatic carbocycles. The van der Waals surface area contributed by atoms with Crippen molar-refractivity contribution in [3.05, 3.63) is 90.0 Å². The van der Waals surface area contributed by atoms with E-state index >= 15 is 0 Å². The van der Waals surface area contributed by atoms with Crippen LogP contribution in [0.15, 0.2) is 88.7 Å². The Morgan fingerprint density at radius 1 is 0.816 bits per heavy atom. The molecule has 3 aromatic rings. The van der Waals surface area contributed by atoms with Gasteiger partial charge in [0, 0.05) is 25.3 Å². The fourth-order valence-corrected chi connectivity index (χ4v) is 7.30. The van der Waals surface area contributed by atoms with Crippen molar-refractivity contribution in [2.45, 2.75) is 22.8 Å². The van der Waals surface area contributed by atoms with E-state index in [4.69, 9.17) is 4.74 Å². The first-order chi connectivity index (χ1) is 18.1. The van der Waals surface area contributed by atoms with Gasteiger partial charge in [-0.25, -0.2) is 21.6 Å². The normalized spacial score (nSPS) is 17.1. The number of rotatable bonds is 7. The molecule has 1 aliphatic heterocycles. The first kappa shape index (κ1) is 27.5. The summed E-state index contributed by atoms with van der Waals surface area (Å²) < 4.78 is 60.7. The SMILES string of the molecule is COC(=O)c1cccc(NC(=O)C2CN(S(=O)(=O)c3ccccc3)CCN2S(=O)(=O)c2ccccc2)c1C. The van der Waals surface area contributed by atoms with Crippen LogP contribution in [0.3, 0.4) is 0 Å². The maximum atomic E-state index is 13.6. The van der Waals surface area contributed by atoms with Crippen LogP contribution in [0.5, 0.6) is 0 Å². The molecule has 12 heteroatoms. The molecule has 1 saturated heterocycles. The van der Waals surface area contributed by atoms with Crippen molar-refractivity contribution >= 4 is 37.6 Å². The molecule has 1 aliphatic rings. The van der Waals surface area contributed by atoms with Crippen molar-refractivity contribution in [2.24, 2.45) is 0 Å². The van der Waals surface area contributed by atoms with E-state index in [2.05, 4.69) is 5.32 Å². The molecule has 1 amide bonds. The van der Waals surface area contributed by atoms with Gasteiger partial charge in [-0.05, 0) is 48.9 Å². The van der Waals surface area contributed by atoms with Gasteiger partial charge in [-0.1, -0.05) is 42.5 Å². The van der Waals surface area contributed by atoms with Crippen LogP contribution in [-0.4, -0.2) is 70.1 Å².